The van der Waals surface area contributed by atoms with Crippen LogP contribution in [-0.4, -0.2) is 79.9 Å². The largest absolute Gasteiger partial charge is 0.496 e. The normalized spacial score (nSPS) is 11.0. The second kappa shape index (κ2) is 13.9. The average molecular weight is 605 g/mol. The van der Waals surface area contributed by atoms with Crippen LogP contribution in [-0.2, 0) is 23.0 Å². The number of nitrogens with zero attached hydrogens (tertiary/aromatic N) is 3. The number of hydrogen-bond acceptors (Lipinski definition) is 9. The Hall–Kier alpha value is -4.17. The van der Waals surface area contributed by atoms with Crippen molar-refractivity contribution in [2.24, 2.45) is 0 Å². The third kappa shape index (κ3) is 8.66. The Kier molecular flexibility index (Phi) is 10.7. The summed E-state index contributed by atoms with van der Waals surface area (Å²) < 4.78 is 37.1. The van der Waals surface area contributed by atoms with E-state index in [0.29, 0.717) is 39.9 Å². The van der Waals surface area contributed by atoms with Crippen molar-refractivity contribution < 1.29 is 37.4 Å². The Morgan fingerprint density at radius 1 is 1.07 bits per heavy atom. The van der Waals surface area contributed by atoms with Crippen molar-refractivity contribution in [2.75, 3.05) is 33.7 Å². The first-order valence-corrected chi connectivity index (χ1v) is 15.0. The van der Waals surface area contributed by atoms with Crippen molar-refractivity contribution in [1.29, 1.82) is 0 Å². The molecule has 0 aliphatic rings. The predicted molar refractivity (Wildman–Crippen MR) is 153 cm³/mol. The summed E-state index contributed by atoms with van der Waals surface area (Å²) in [4.78, 5) is 43.6. The van der Waals surface area contributed by atoms with E-state index >= 15 is 0 Å². The highest BCUT2D eigenvalue weighted by Crippen LogP contribution is 2.30. The number of aryl methyl sites for hydroxylation is 1. The molecule has 0 unspecified atom stereocenters. The van der Waals surface area contributed by atoms with Crippen LogP contribution in [0.5, 0.6) is 11.5 Å². The monoisotopic (exact) mass is 604 g/mol. The lowest BCUT2D eigenvalue weighted by Crippen LogP contribution is -2.40. The van der Waals surface area contributed by atoms with Gasteiger partial charge in [0, 0.05) is 30.1 Å². The molecular weight excluding hydrogens is 572 g/mol. The number of sulfonamides is 1. The smallest absolute Gasteiger partial charge is 0.407 e. The number of nitrogens with one attached hydrogen (secondary N) is 1. The van der Waals surface area contributed by atoms with E-state index < -0.39 is 27.9 Å². The molecule has 0 spiro atoms. The predicted octanol–water partition coefficient (Wildman–Crippen LogP) is 3.37. The lowest BCUT2D eigenvalue weighted by molar-refractivity contribution is 0.0740. The van der Waals surface area contributed by atoms with Crippen LogP contribution >= 0.6 is 11.3 Å². The van der Waals surface area contributed by atoms with Crippen LogP contribution in [0.3, 0.4) is 0 Å². The number of thiazole rings is 1. The Morgan fingerprint density at radius 2 is 1.71 bits per heavy atom. The molecule has 0 aliphatic heterocycles. The molecule has 3 aromatic rings. The maximum absolute atomic E-state index is 13.7. The summed E-state index contributed by atoms with van der Waals surface area (Å²) in [6.07, 6.45) is -0.0666. The molecule has 12 nitrogen and oxygen atoms in total. The summed E-state index contributed by atoms with van der Waals surface area (Å²) in [6, 6.07) is 13.1. The fraction of sp³-hybridized carbons (Fsp3) is 0.333. The minimum absolute atomic E-state index is 0.0680. The molecule has 0 aliphatic carbocycles. The first-order chi connectivity index (χ1) is 19.4. The van der Waals surface area contributed by atoms with Gasteiger partial charge in [-0.15, -0.1) is 11.3 Å². The zero-order valence-corrected chi connectivity index (χ0v) is 24.8. The van der Waals surface area contributed by atoms with E-state index in [0.717, 1.165) is 35.9 Å². The number of aromatic nitrogens is 1. The van der Waals surface area contributed by atoms with E-state index in [9.17, 15) is 22.8 Å². The molecular formula is C27H32N4O8S2. The summed E-state index contributed by atoms with van der Waals surface area (Å²) in [5.74, 6) is -1.21. The molecule has 14 heteroatoms. The number of rotatable bonds is 13. The molecule has 0 radical (unpaired) electrons. The minimum Gasteiger partial charge on any atom is -0.496 e. The third-order valence-corrected chi connectivity index (χ3v) is 8.13. The van der Waals surface area contributed by atoms with Gasteiger partial charge in [0.05, 0.1) is 20.8 Å². The van der Waals surface area contributed by atoms with Gasteiger partial charge in [0.1, 0.15) is 28.1 Å². The topological polar surface area (TPSA) is 155 Å². The molecule has 0 atom stereocenters. The van der Waals surface area contributed by atoms with Crippen LogP contribution in [0.2, 0.25) is 0 Å². The van der Waals surface area contributed by atoms with Gasteiger partial charge in [-0.2, -0.15) is 0 Å². The maximum Gasteiger partial charge on any atom is 0.407 e. The van der Waals surface area contributed by atoms with Crippen molar-refractivity contribution >= 4 is 39.3 Å². The average Bonchev–Trinajstić information content (AvgIpc) is 3.41. The Morgan fingerprint density at radius 3 is 2.29 bits per heavy atom. The van der Waals surface area contributed by atoms with Crippen molar-refractivity contribution in [3.8, 4) is 11.5 Å². The molecule has 0 fully saturated rings. The van der Waals surface area contributed by atoms with Crippen molar-refractivity contribution in [3.05, 3.63) is 75.2 Å². The number of carbonyl (C=O) groups is 3. The van der Waals surface area contributed by atoms with E-state index in [-0.39, 0.29) is 18.1 Å². The van der Waals surface area contributed by atoms with Crippen molar-refractivity contribution in [2.45, 2.75) is 26.3 Å². The number of carbonyl (C=O) groups excluding carboxylic acids is 2. The van der Waals surface area contributed by atoms with E-state index in [1.165, 1.54) is 19.6 Å². The Labute approximate surface area is 242 Å². The highest BCUT2D eigenvalue weighted by Gasteiger charge is 2.24. The van der Waals surface area contributed by atoms with E-state index in [4.69, 9.17) is 14.6 Å². The number of hydrogen-bond donors (Lipinski definition) is 2. The van der Waals surface area contributed by atoms with Crippen LogP contribution in [0.1, 0.15) is 43.4 Å². The molecule has 0 bridgehead atoms. The fourth-order valence-electron chi connectivity index (χ4n) is 3.95. The molecule has 2 N–H and O–H groups in total. The minimum atomic E-state index is -4.27. The van der Waals surface area contributed by atoms with Gasteiger partial charge >= 0.3 is 6.09 Å². The first-order valence-electron chi connectivity index (χ1n) is 12.4. The van der Waals surface area contributed by atoms with Crippen LogP contribution in [0.4, 0.5) is 4.79 Å². The summed E-state index contributed by atoms with van der Waals surface area (Å²) >= 11 is 1.10. The molecule has 3 amide bonds. The summed E-state index contributed by atoms with van der Waals surface area (Å²) in [5, 5.41) is 10.7. The maximum atomic E-state index is 13.7. The second-order valence-corrected chi connectivity index (χ2v) is 11.7. The van der Waals surface area contributed by atoms with E-state index in [1.54, 1.807) is 17.0 Å². The summed E-state index contributed by atoms with van der Waals surface area (Å²) in [6.45, 7) is 2.27. The number of ether oxygens (including phenoxy) is 2. The first kappa shape index (κ1) is 31.4. The molecule has 0 saturated carbocycles. The van der Waals surface area contributed by atoms with Gasteiger partial charge in [0.15, 0.2) is 0 Å². The van der Waals surface area contributed by atoms with Crippen LogP contribution in [0, 0.1) is 6.92 Å². The fourth-order valence-corrected chi connectivity index (χ4v) is 5.81. The molecule has 2 aromatic carbocycles. The number of carboxylic acid groups (broad SMARTS) is 1. The number of amides is 3. The second-order valence-electron chi connectivity index (χ2n) is 9.10. The zero-order chi connectivity index (χ0) is 30.2. The van der Waals surface area contributed by atoms with E-state index in [1.807, 2.05) is 42.0 Å². The quantitative estimate of drug-likeness (QED) is 0.299. The van der Waals surface area contributed by atoms with Crippen molar-refractivity contribution in [3.63, 3.8) is 0 Å². The van der Waals surface area contributed by atoms with E-state index in [2.05, 4.69) is 4.98 Å². The standard InChI is InChI=1S/C27H32N4O8S2/c1-18-22(38-3)13-20(14-23(18)39-4)26(33)31(12-8-11-19-9-6-5-7-10-19)15-24-28-21(16-40-24)25(32)29-41(36,37)17-30(2)27(34)35/h5-7,9-10,13-14,16H,8,11-12,15,17H2,1-4H3,(H,29,32)(H,34,35). The molecule has 0 saturated heterocycles. The lowest BCUT2D eigenvalue weighted by atomic mass is 10.1. The van der Waals surface area contributed by atoms with Crippen molar-refractivity contribution in [1.82, 2.24) is 19.5 Å². The van der Waals surface area contributed by atoms with Gasteiger partial charge < -0.3 is 19.5 Å². The van der Waals surface area contributed by atoms with Gasteiger partial charge in [-0.1, -0.05) is 30.3 Å². The van der Waals surface area contributed by atoms with Gasteiger partial charge in [0.25, 0.3) is 21.8 Å². The van der Waals surface area contributed by atoms with Crippen LogP contribution < -0.4 is 14.2 Å². The molecule has 1 aromatic heterocycles. The Bertz CT molecular complexity index is 1470. The number of benzene rings is 2. The lowest BCUT2D eigenvalue weighted by Gasteiger charge is -2.23. The Balaban J connectivity index is 1.81. The zero-order valence-electron chi connectivity index (χ0n) is 23.1. The highest BCUT2D eigenvalue weighted by molar-refractivity contribution is 7.90. The van der Waals surface area contributed by atoms with Gasteiger partial charge in [-0.25, -0.2) is 22.9 Å². The highest BCUT2D eigenvalue weighted by atomic mass is 32.2. The molecule has 220 valence electrons. The van der Waals surface area contributed by atoms with Crippen LogP contribution in [0.25, 0.3) is 0 Å². The van der Waals surface area contributed by atoms with Crippen LogP contribution in [0.15, 0.2) is 47.8 Å². The number of methoxy groups -OCH3 is 2. The summed E-state index contributed by atoms with van der Waals surface area (Å²) in [5.41, 5.74) is 2.07. The van der Waals surface area contributed by atoms with Gasteiger partial charge in [-0.3, -0.25) is 14.5 Å². The SMILES string of the molecule is COc1cc(C(=O)N(CCCc2ccccc2)Cc2nc(C(=O)NS(=O)(=O)CN(C)C(=O)O)cs2)cc(OC)c1C. The molecule has 3 rings (SSSR count). The molecule has 1 heterocycles. The van der Waals surface area contributed by atoms with Gasteiger partial charge in [-0.05, 0) is 37.5 Å². The summed E-state index contributed by atoms with van der Waals surface area (Å²) in [7, 11) is -0.185. The van der Waals surface area contributed by atoms with Gasteiger partial charge in [0.2, 0.25) is 0 Å². The molecule has 41 heavy (non-hydrogen) atoms. The third-order valence-electron chi connectivity index (χ3n) is 6.07.